The highest BCUT2D eigenvalue weighted by molar-refractivity contribution is 6.11. The Kier molecular flexibility index (Phi) is 7.55. The van der Waals surface area contributed by atoms with Gasteiger partial charge in [0.05, 0.1) is 0 Å². The molecule has 11 rings (SSSR count). The summed E-state index contributed by atoms with van der Waals surface area (Å²) in [5.74, 6) is 0. The summed E-state index contributed by atoms with van der Waals surface area (Å²) in [7, 11) is 0. The number of rotatable bonds is 6. The van der Waals surface area contributed by atoms with E-state index >= 15 is 0 Å². The molecule has 2 heteroatoms. The lowest BCUT2D eigenvalue weighted by Gasteiger charge is -2.28. The summed E-state index contributed by atoms with van der Waals surface area (Å²) < 4.78 is 6.64. The first-order valence-corrected chi connectivity index (χ1v) is 19.7. The lowest BCUT2D eigenvalue weighted by atomic mass is 9.82. The summed E-state index contributed by atoms with van der Waals surface area (Å²) in [4.78, 5) is 2.39. The Labute approximate surface area is 332 Å². The minimum Gasteiger partial charge on any atom is -0.455 e. The molecule has 1 aromatic heterocycles. The van der Waals surface area contributed by atoms with Crippen LogP contribution in [0.25, 0.3) is 77.2 Å². The van der Waals surface area contributed by atoms with Crippen molar-refractivity contribution in [3.8, 4) is 44.5 Å². The van der Waals surface area contributed by atoms with Gasteiger partial charge < -0.3 is 9.32 Å². The largest absolute Gasteiger partial charge is 0.455 e. The van der Waals surface area contributed by atoms with Crippen LogP contribution in [0.15, 0.2) is 205 Å². The highest BCUT2D eigenvalue weighted by atomic mass is 16.3. The molecule has 0 saturated carbocycles. The molecule has 0 bridgehead atoms. The first kappa shape index (κ1) is 33.2. The number of nitrogens with zero attached hydrogens (tertiary/aromatic N) is 1. The van der Waals surface area contributed by atoms with Crippen molar-refractivity contribution in [2.45, 2.75) is 19.3 Å². The lowest BCUT2D eigenvalue weighted by molar-refractivity contribution is 0.660. The zero-order chi connectivity index (χ0) is 38.1. The third kappa shape index (κ3) is 5.48. The van der Waals surface area contributed by atoms with E-state index in [4.69, 9.17) is 4.42 Å². The Bertz CT molecular complexity index is 3130. The smallest absolute Gasteiger partial charge is 0.143 e. The van der Waals surface area contributed by atoms with Crippen LogP contribution in [0.5, 0.6) is 0 Å². The van der Waals surface area contributed by atoms with Crippen LogP contribution >= 0.6 is 0 Å². The van der Waals surface area contributed by atoms with E-state index in [1.165, 1.54) is 55.3 Å². The van der Waals surface area contributed by atoms with E-state index < -0.39 is 0 Å². The molecule has 2 nitrogen and oxygen atoms in total. The monoisotopic (exact) mass is 729 g/mol. The van der Waals surface area contributed by atoms with E-state index in [1.54, 1.807) is 0 Å². The number of hydrogen-bond acceptors (Lipinski definition) is 2. The van der Waals surface area contributed by atoms with Crippen molar-refractivity contribution in [1.29, 1.82) is 0 Å². The molecule has 0 N–H and O–H groups in total. The van der Waals surface area contributed by atoms with Gasteiger partial charge in [-0.05, 0) is 122 Å². The Morgan fingerprint density at radius 1 is 0.368 bits per heavy atom. The van der Waals surface area contributed by atoms with E-state index in [2.05, 4.69) is 213 Å². The molecule has 0 radical (unpaired) electrons. The van der Waals surface area contributed by atoms with Crippen LogP contribution in [0, 0.1) is 0 Å². The maximum Gasteiger partial charge on any atom is 0.143 e. The SMILES string of the molecule is CC1(C)c2ccccc2-c2ccc(N(c3ccc(-c4ccccc4)cc3)c3ccc(-c4cc(-c5ccc6ccccc6c5)cc5c4oc4ccccc45)cc3)cc21. The molecule has 0 fully saturated rings. The molecule has 10 aromatic rings. The average molecular weight is 730 g/mol. The predicted molar refractivity (Wildman–Crippen MR) is 240 cm³/mol. The van der Waals surface area contributed by atoms with Crippen molar-refractivity contribution >= 4 is 49.8 Å². The molecular formula is C55H39NO. The molecule has 0 saturated heterocycles. The van der Waals surface area contributed by atoms with Crippen molar-refractivity contribution in [1.82, 2.24) is 0 Å². The molecule has 270 valence electrons. The van der Waals surface area contributed by atoms with Crippen LogP contribution in [-0.2, 0) is 5.41 Å². The summed E-state index contributed by atoms with van der Waals surface area (Å²) in [6, 6.07) is 72.6. The van der Waals surface area contributed by atoms with Gasteiger partial charge in [-0.15, -0.1) is 0 Å². The van der Waals surface area contributed by atoms with E-state index in [1.807, 2.05) is 6.07 Å². The average Bonchev–Trinajstić information content (AvgIpc) is 3.76. The normalized spacial score (nSPS) is 12.9. The number of furan rings is 1. The fraction of sp³-hybridized carbons (Fsp3) is 0.0545. The second kappa shape index (κ2) is 13.0. The van der Waals surface area contributed by atoms with Crippen LogP contribution in [0.1, 0.15) is 25.0 Å². The second-order valence-electron chi connectivity index (χ2n) is 15.8. The second-order valence-corrected chi connectivity index (χ2v) is 15.8. The minimum atomic E-state index is -0.108. The number of anilines is 3. The fourth-order valence-electron chi connectivity index (χ4n) is 9.08. The highest BCUT2D eigenvalue weighted by Gasteiger charge is 2.35. The molecule has 0 unspecified atom stereocenters. The number of para-hydroxylation sites is 1. The molecule has 57 heavy (non-hydrogen) atoms. The molecule has 1 aliphatic rings. The van der Waals surface area contributed by atoms with E-state index in [9.17, 15) is 0 Å². The van der Waals surface area contributed by atoms with Crippen molar-refractivity contribution in [2.75, 3.05) is 4.90 Å². The predicted octanol–water partition coefficient (Wildman–Crippen LogP) is 15.5. The summed E-state index contributed by atoms with van der Waals surface area (Å²) in [5, 5.41) is 4.72. The minimum absolute atomic E-state index is 0.108. The van der Waals surface area contributed by atoms with Gasteiger partial charge in [-0.25, -0.2) is 0 Å². The zero-order valence-electron chi connectivity index (χ0n) is 31.9. The molecule has 0 aliphatic heterocycles. The van der Waals surface area contributed by atoms with Gasteiger partial charge in [0.2, 0.25) is 0 Å². The van der Waals surface area contributed by atoms with Crippen LogP contribution in [0.2, 0.25) is 0 Å². The Balaban J connectivity index is 1.05. The van der Waals surface area contributed by atoms with Crippen molar-refractivity contribution < 1.29 is 4.42 Å². The maximum absolute atomic E-state index is 6.64. The molecule has 0 amide bonds. The standard InChI is InChI=1S/C55H39NO/c1-55(2)51-18-10-8-16-46(51)47-31-30-45(35-52(47)55)56(43-26-22-38(23-27-43)36-12-4-3-5-13-36)44-28-24-39(25-29-44)49-33-42(41-21-20-37-14-6-7-15-40(37)32-41)34-50-48-17-9-11-19-53(48)57-54(49)50/h3-35H,1-2H3. The van der Waals surface area contributed by atoms with E-state index in [0.717, 1.165) is 50.1 Å². The molecule has 1 aliphatic carbocycles. The van der Waals surface area contributed by atoms with Crippen LogP contribution in [0.4, 0.5) is 17.1 Å². The third-order valence-electron chi connectivity index (χ3n) is 12.1. The lowest BCUT2D eigenvalue weighted by Crippen LogP contribution is -2.16. The summed E-state index contributed by atoms with van der Waals surface area (Å²) >= 11 is 0. The maximum atomic E-state index is 6.64. The van der Waals surface area contributed by atoms with Gasteiger partial charge in [0.25, 0.3) is 0 Å². The van der Waals surface area contributed by atoms with Gasteiger partial charge in [0, 0.05) is 38.8 Å². The van der Waals surface area contributed by atoms with Gasteiger partial charge in [0.15, 0.2) is 0 Å². The molecule has 1 heterocycles. The highest BCUT2D eigenvalue weighted by Crippen LogP contribution is 2.51. The van der Waals surface area contributed by atoms with Crippen molar-refractivity contribution in [3.63, 3.8) is 0 Å². The van der Waals surface area contributed by atoms with Gasteiger partial charge in [0.1, 0.15) is 11.2 Å². The third-order valence-corrected chi connectivity index (χ3v) is 12.1. The number of benzene rings is 9. The quantitative estimate of drug-likeness (QED) is 0.169. The molecule has 9 aromatic carbocycles. The van der Waals surface area contributed by atoms with Crippen LogP contribution < -0.4 is 4.90 Å². The first-order valence-electron chi connectivity index (χ1n) is 19.7. The Hall–Kier alpha value is -7.16. The van der Waals surface area contributed by atoms with Gasteiger partial charge in [-0.3, -0.25) is 0 Å². The van der Waals surface area contributed by atoms with Gasteiger partial charge in [-0.2, -0.15) is 0 Å². The molecule has 0 atom stereocenters. The number of fused-ring (bicyclic) bond motifs is 7. The number of hydrogen-bond donors (Lipinski definition) is 0. The Morgan fingerprint density at radius 3 is 1.79 bits per heavy atom. The van der Waals surface area contributed by atoms with E-state index in [-0.39, 0.29) is 5.41 Å². The topological polar surface area (TPSA) is 16.4 Å². The molecular weight excluding hydrogens is 691 g/mol. The zero-order valence-corrected chi connectivity index (χ0v) is 31.9. The first-order chi connectivity index (χ1) is 28.0. The van der Waals surface area contributed by atoms with E-state index in [0.29, 0.717) is 0 Å². The summed E-state index contributed by atoms with van der Waals surface area (Å²) in [5.41, 5.74) is 17.3. The molecule has 0 spiro atoms. The van der Waals surface area contributed by atoms with Crippen LogP contribution in [0.3, 0.4) is 0 Å². The summed E-state index contributed by atoms with van der Waals surface area (Å²) in [6.07, 6.45) is 0. The fourth-order valence-corrected chi connectivity index (χ4v) is 9.08. The Morgan fingerprint density at radius 2 is 0.982 bits per heavy atom. The van der Waals surface area contributed by atoms with Crippen LogP contribution in [-0.4, -0.2) is 0 Å². The van der Waals surface area contributed by atoms with Crippen molar-refractivity contribution in [2.24, 2.45) is 0 Å². The van der Waals surface area contributed by atoms with Gasteiger partial charge >= 0.3 is 0 Å². The van der Waals surface area contributed by atoms with Crippen molar-refractivity contribution in [3.05, 3.63) is 211 Å². The summed E-state index contributed by atoms with van der Waals surface area (Å²) in [6.45, 7) is 4.69. The van der Waals surface area contributed by atoms with Gasteiger partial charge in [-0.1, -0.05) is 153 Å².